The second-order valence-electron chi connectivity index (χ2n) is 8.75. The number of likely N-dealkylation sites (tertiary alicyclic amines) is 1. The highest BCUT2D eigenvalue weighted by molar-refractivity contribution is 5.93. The van der Waals surface area contributed by atoms with Crippen LogP contribution in [-0.4, -0.2) is 47.3 Å². The number of nitrogens with zero attached hydrogens (tertiary/aromatic N) is 1. The third kappa shape index (κ3) is 6.24. The number of aryl methyl sites for hydroxylation is 1. The maximum atomic E-state index is 13.5. The molecule has 1 aliphatic rings. The van der Waals surface area contributed by atoms with Crippen LogP contribution in [0.15, 0.2) is 42.5 Å². The number of aliphatic hydroxyl groups is 1. The zero-order valence-electron chi connectivity index (χ0n) is 18.2. The number of halogens is 2. The minimum Gasteiger partial charge on any atom is -0.486 e. The fourth-order valence-corrected chi connectivity index (χ4v) is 4.04. The molecule has 1 aliphatic heterocycles. The lowest BCUT2D eigenvalue weighted by atomic mass is 9.81. The number of hydrogen-bond acceptors (Lipinski definition) is 4. The van der Waals surface area contributed by atoms with E-state index in [1.807, 2.05) is 18.7 Å². The fourth-order valence-electron chi connectivity index (χ4n) is 4.04. The predicted octanol–water partition coefficient (Wildman–Crippen LogP) is 4.14. The van der Waals surface area contributed by atoms with Crippen molar-refractivity contribution in [1.29, 1.82) is 0 Å². The van der Waals surface area contributed by atoms with E-state index in [1.54, 1.807) is 13.0 Å². The third-order valence-electron chi connectivity index (χ3n) is 5.58. The molecule has 0 aromatic heterocycles. The molecule has 31 heavy (non-hydrogen) atoms. The van der Waals surface area contributed by atoms with Crippen LogP contribution in [0.3, 0.4) is 0 Å². The molecular formula is C24H30F2N2O3. The molecule has 0 unspecified atom stereocenters. The van der Waals surface area contributed by atoms with E-state index in [0.29, 0.717) is 37.4 Å². The van der Waals surface area contributed by atoms with Crippen molar-refractivity contribution in [2.45, 2.75) is 45.3 Å². The Morgan fingerprint density at radius 3 is 2.58 bits per heavy atom. The van der Waals surface area contributed by atoms with E-state index < -0.39 is 17.5 Å². The van der Waals surface area contributed by atoms with Crippen LogP contribution in [0.2, 0.25) is 0 Å². The van der Waals surface area contributed by atoms with E-state index in [9.17, 15) is 18.7 Å². The molecule has 0 radical (unpaired) electrons. The van der Waals surface area contributed by atoms with Gasteiger partial charge in [-0.25, -0.2) is 8.78 Å². The molecule has 2 aromatic rings. The van der Waals surface area contributed by atoms with E-state index >= 15 is 0 Å². The Balaban J connectivity index is 1.69. The first kappa shape index (κ1) is 23.2. The van der Waals surface area contributed by atoms with E-state index in [1.165, 1.54) is 36.4 Å². The van der Waals surface area contributed by atoms with Gasteiger partial charge in [0.05, 0.1) is 6.54 Å². The van der Waals surface area contributed by atoms with Gasteiger partial charge in [0.1, 0.15) is 29.1 Å². The second kappa shape index (κ2) is 9.75. The highest BCUT2D eigenvalue weighted by atomic mass is 19.1. The van der Waals surface area contributed by atoms with Crippen molar-refractivity contribution >= 4 is 11.6 Å². The molecule has 2 aromatic carbocycles. The van der Waals surface area contributed by atoms with Gasteiger partial charge in [-0.3, -0.25) is 9.69 Å². The van der Waals surface area contributed by atoms with Crippen LogP contribution in [0.4, 0.5) is 14.5 Å². The Morgan fingerprint density at radius 2 is 1.90 bits per heavy atom. The van der Waals surface area contributed by atoms with Gasteiger partial charge in [0.15, 0.2) is 0 Å². The van der Waals surface area contributed by atoms with Gasteiger partial charge in [-0.05, 0) is 67.6 Å². The van der Waals surface area contributed by atoms with E-state index in [0.717, 1.165) is 5.56 Å². The molecule has 0 spiro atoms. The Bertz CT molecular complexity index is 904. The normalized spacial score (nSPS) is 21.8. The highest BCUT2D eigenvalue weighted by Gasteiger charge is 2.43. The topological polar surface area (TPSA) is 61.8 Å². The average molecular weight is 433 g/mol. The summed E-state index contributed by atoms with van der Waals surface area (Å²) in [5.41, 5.74) is 0.170. The molecule has 168 valence electrons. The summed E-state index contributed by atoms with van der Waals surface area (Å²) in [6, 6.07) is 9.95. The summed E-state index contributed by atoms with van der Waals surface area (Å²) in [4.78, 5) is 14.5. The first-order valence-corrected chi connectivity index (χ1v) is 10.6. The average Bonchev–Trinajstić information content (AvgIpc) is 2.69. The highest BCUT2D eigenvalue weighted by Crippen LogP contribution is 2.32. The summed E-state index contributed by atoms with van der Waals surface area (Å²) in [5, 5.41) is 14.1. The number of nitrogens with one attached hydrogen (secondary N) is 1. The van der Waals surface area contributed by atoms with Crippen LogP contribution in [-0.2, 0) is 4.79 Å². The minimum absolute atomic E-state index is 0.0942. The summed E-state index contributed by atoms with van der Waals surface area (Å²) in [7, 11) is 0. The van der Waals surface area contributed by atoms with Gasteiger partial charge in [0.2, 0.25) is 5.91 Å². The van der Waals surface area contributed by atoms with Crippen molar-refractivity contribution < 1.29 is 23.4 Å². The summed E-state index contributed by atoms with van der Waals surface area (Å²) in [6.45, 7) is 6.84. The first-order chi connectivity index (χ1) is 14.6. The van der Waals surface area contributed by atoms with Crippen molar-refractivity contribution in [2.24, 2.45) is 5.92 Å². The second-order valence-corrected chi connectivity index (χ2v) is 8.75. The quantitative estimate of drug-likeness (QED) is 0.690. The van der Waals surface area contributed by atoms with Crippen molar-refractivity contribution in [3.05, 3.63) is 59.7 Å². The lowest BCUT2D eigenvalue weighted by Gasteiger charge is -2.45. The molecule has 1 fully saturated rings. The molecule has 5 nitrogen and oxygen atoms in total. The Labute approximate surface area is 182 Å². The zero-order chi connectivity index (χ0) is 22.6. The van der Waals surface area contributed by atoms with Crippen LogP contribution in [0, 0.1) is 24.5 Å². The number of carbonyl (C=O) groups is 1. The van der Waals surface area contributed by atoms with Crippen LogP contribution in [0.1, 0.15) is 32.3 Å². The Hall–Kier alpha value is -2.51. The fraction of sp³-hybridized carbons (Fsp3) is 0.458. The molecule has 2 atom stereocenters. The molecular weight excluding hydrogens is 402 g/mol. The van der Waals surface area contributed by atoms with Crippen molar-refractivity contribution in [1.82, 2.24) is 4.90 Å². The predicted molar refractivity (Wildman–Crippen MR) is 116 cm³/mol. The van der Waals surface area contributed by atoms with Gasteiger partial charge in [-0.2, -0.15) is 0 Å². The largest absolute Gasteiger partial charge is 0.486 e. The maximum absolute atomic E-state index is 13.5. The van der Waals surface area contributed by atoms with Gasteiger partial charge in [-0.1, -0.05) is 19.9 Å². The molecule has 1 heterocycles. The molecule has 7 heteroatoms. The van der Waals surface area contributed by atoms with Crippen molar-refractivity contribution in [3.63, 3.8) is 0 Å². The van der Waals surface area contributed by atoms with Gasteiger partial charge >= 0.3 is 0 Å². The number of hydrogen-bond donors (Lipinski definition) is 2. The SMILES string of the molecule is Cc1ccc(F)cc1NC(=O)CN1CC[C@@](O)(CC(C)C)[C@@H](Oc2ccc(F)cc2)C1. The molecule has 0 aliphatic carbocycles. The van der Waals surface area contributed by atoms with Crippen molar-refractivity contribution in [2.75, 3.05) is 25.0 Å². The van der Waals surface area contributed by atoms with Gasteiger partial charge in [0.25, 0.3) is 0 Å². The summed E-state index contributed by atoms with van der Waals surface area (Å²) in [5.74, 6) is -0.307. The van der Waals surface area contributed by atoms with E-state index in [4.69, 9.17) is 4.74 Å². The number of ether oxygens (including phenoxy) is 1. The number of carbonyl (C=O) groups excluding carboxylic acids is 1. The molecule has 1 amide bonds. The van der Waals surface area contributed by atoms with Crippen LogP contribution < -0.4 is 10.1 Å². The molecule has 1 saturated heterocycles. The number of rotatable bonds is 7. The monoisotopic (exact) mass is 432 g/mol. The third-order valence-corrected chi connectivity index (χ3v) is 5.58. The number of benzene rings is 2. The first-order valence-electron chi connectivity index (χ1n) is 10.6. The Morgan fingerprint density at radius 1 is 1.23 bits per heavy atom. The van der Waals surface area contributed by atoms with E-state index in [-0.39, 0.29) is 24.2 Å². The van der Waals surface area contributed by atoms with E-state index in [2.05, 4.69) is 5.32 Å². The summed E-state index contributed by atoms with van der Waals surface area (Å²) >= 11 is 0. The standard InChI is InChI=1S/C24H30F2N2O3/c1-16(2)13-24(30)10-11-28(14-22(24)31-20-8-6-18(25)7-9-20)15-23(29)27-21-12-19(26)5-4-17(21)3/h4-9,12,16,22,30H,10-11,13-15H2,1-3H3,(H,27,29)/t22-,24+/m0/s1. The number of piperidine rings is 1. The molecule has 2 N–H and O–H groups in total. The minimum atomic E-state index is -1.05. The smallest absolute Gasteiger partial charge is 0.238 e. The molecule has 0 bridgehead atoms. The van der Waals surface area contributed by atoms with Gasteiger partial charge in [0, 0.05) is 18.8 Å². The zero-order valence-corrected chi connectivity index (χ0v) is 18.2. The number of anilines is 1. The van der Waals surface area contributed by atoms with Gasteiger partial charge < -0.3 is 15.2 Å². The van der Waals surface area contributed by atoms with Crippen LogP contribution >= 0.6 is 0 Å². The summed E-state index contributed by atoms with van der Waals surface area (Å²) in [6.07, 6.45) is 0.433. The van der Waals surface area contributed by atoms with Crippen LogP contribution in [0.5, 0.6) is 5.75 Å². The number of amides is 1. The van der Waals surface area contributed by atoms with Gasteiger partial charge in [-0.15, -0.1) is 0 Å². The van der Waals surface area contributed by atoms with Crippen molar-refractivity contribution in [3.8, 4) is 5.75 Å². The van der Waals surface area contributed by atoms with Crippen LogP contribution in [0.25, 0.3) is 0 Å². The lowest BCUT2D eigenvalue weighted by Crippen LogP contribution is -2.59. The summed E-state index contributed by atoms with van der Waals surface area (Å²) < 4.78 is 32.8. The molecule has 0 saturated carbocycles. The lowest BCUT2D eigenvalue weighted by molar-refractivity contribution is -0.129. The molecule has 3 rings (SSSR count). The maximum Gasteiger partial charge on any atom is 0.238 e. The Kier molecular flexibility index (Phi) is 7.28.